The first-order valence-corrected chi connectivity index (χ1v) is 6.49. The van der Waals surface area contributed by atoms with Gasteiger partial charge in [-0.1, -0.05) is 12.1 Å². The SMILES string of the molecule is NC(=O)c1ccccc1NCC1(C(=O)O)CCOCC1. The van der Waals surface area contributed by atoms with E-state index in [9.17, 15) is 14.7 Å². The molecule has 1 aromatic rings. The number of amides is 1. The topological polar surface area (TPSA) is 102 Å². The quantitative estimate of drug-likeness (QED) is 0.748. The van der Waals surface area contributed by atoms with E-state index < -0.39 is 17.3 Å². The zero-order valence-corrected chi connectivity index (χ0v) is 11.1. The Labute approximate surface area is 116 Å². The van der Waals surface area contributed by atoms with Gasteiger partial charge in [-0.3, -0.25) is 9.59 Å². The zero-order valence-electron chi connectivity index (χ0n) is 11.1. The van der Waals surface area contributed by atoms with Crippen LogP contribution in [0.5, 0.6) is 0 Å². The van der Waals surface area contributed by atoms with Crippen molar-refractivity contribution in [1.82, 2.24) is 0 Å². The van der Waals surface area contributed by atoms with Crippen LogP contribution in [0, 0.1) is 5.41 Å². The Morgan fingerprint density at radius 3 is 2.55 bits per heavy atom. The molecule has 1 heterocycles. The fourth-order valence-corrected chi connectivity index (χ4v) is 2.34. The van der Waals surface area contributed by atoms with Crippen molar-refractivity contribution in [2.24, 2.45) is 11.1 Å². The van der Waals surface area contributed by atoms with E-state index in [0.717, 1.165) is 0 Å². The van der Waals surface area contributed by atoms with Crippen LogP contribution < -0.4 is 11.1 Å². The third-order valence-corrected chi connectivity index (χ3v) is 3.71. The van der Waals surface area contributed by atoms with Gasteiger partial charge in [0, 0.05) is 25.4 Å². The second-order valence-electron chi connectivity index (χ2n) is 4.96. The molecule has 6 nitrogen and oxygen atoms in total. The number of anilines is 1. The Kier molecular flexibility index (Phi) is 4.24. The number of carbonyl (C=O) groups excluding carboxylic acids is 1. The zero-order chi connectivity index (χ0) is 14.6. The Hall–Kier alpha value is -2.08. The summed E-state index contributed by atoms with van der Waals surface area (Å²) in [6.07, 6.45) is 0.905. The molecule has 1 aliphatic heterocycles. The van der Waals surface area contributed by atoms with Crippen molar-refractivity contribution in [3.8, 4) is 0 Å². The van der Waals surface area contributed by atoms with Gasteiger partial charge in [-0.15, -0.1) is 0 Å². The number of primary amides is 1. The molecule has 0 aliphatic carbocycles. The standard InChI is InChI=1S/C14H18N2O4/c15-12(17)10-3-1-2-4-11(10)16-9-14(13(18)19)5-7-20-8-6-14/h1-4,16H,5-9H2,(H2,15,17)(H,18,19). The van der Waals surface area contributed by atoms with Gasteiger partial charge < -0.3 is 20.9 Å². The number of carbonyl (C=O) groups is 2. The Morgan fingerprint density at radius 1 is 1.30 bits per heavy atom. The summed E-state index contributed by atoms with van der Waals surface area (Å²) in [6.45, 7) is 1.12. The van der Waals surface area contributed by atoms with Crippen molar-refractivity contribution in [2.45, 2.75) is 12.8 Å². The molecule has 1 saturated heterocycles. The average Bonchev–Trinajstić information content (AvgIpc) is 2.46. The molecule has 0 unspecified atom stereocenters. The summed E-state index contributed by atoms with van der Waals surface area (Å²) >= 11 is 0. The van der Waals surface area contributed by atoms with Crippen LogP contribution in [0.3, 0.4) is 0 Å². The third-order valence-electron chi connectivity index (χ3n) is 3.71. The minimum Gasteiger partial charge on any atom is -0.481 e. The van der Waals surface area contributed by atoms with Crippen LogP contribution in [0.25, 0.3) is 0 Å². The van der Waals surface area contributed by atoms with E-state index in [1.165, 1.54) is 0 Å². The molecule has 1 aromatic carbocycles. The average molecular weight is 278 g/mol. The van der Waals surface area contributed by atoms with Crippen LogP contribution in [0.15, 0.2) is 24.3 Å². The lowest BCUT2D eigenvalue weighted by molar-refractivity contribution is -0.153. The molecule has 2 rings (SSSR count). The van der Waals surface area contributed by atoms with E-state index in [2.05, 4.69) is 5.32 Å². The first-order chi connectivity index (χ1) is 9.55. The molecule has 1 fully saturated rings. The summed E-state index contributed by atoms with van der Waals surface area (Å²) in [5.74, 6) is -1.38. The molecule has 108 valence electrons. The summed E-state index contributed by atoms with van der Waals surface area (Å²) in [6, 6.07) is 6.82. The second kappa shape index (κ2) is 5.92. The van der Waals surface area contributed by atoms with E-state index in [1.54, 1.807) is 24.3 Å². The first kappa shape index (κ1) is 14.3. The van der Waals surface area contributed by atoms with Crippen molar-refractivity contribution in [3.05, 3.63) is 29.8 Å². The van der Waals surface area contributed by atoms with Gasteiger partial charge in [0.15, 0.2) is 0 Å². The van der Waals surface area contributed by atoms with Gasteiger partial charge in [0.25, 0.3) is 5.91 Å². The van der Waals surface area contributed by atoms with Crippen LogP contribution in [-0.2, 0) is 9.53 Å². The van der Waals surface area contributed by atoms with Crippen LogP contribution in [-0.4, -0.2) is 36.7 Å². The number of ether oxygens (including phenoxy) is 1. The van der Waals surface area contributed by atoms with Gasteiger partial charge in [-0.2, -0.15) is 0 Å². The van der Waals surface area contributed by atoms with E-state index in [-0.39, 0.29) is 6.54 Å². The minimum absolute atomic E-state index is 0.246. The summed E-state index contributed by atoms with van der Waals surface area (Å²) < 4.78 is 5.22. The summed E-state index contributed by atoms with van der Waals surface area (Å²) in [7, 11) is 0. The highest BCUT2D eigenvalue weighted by molar-refractivity contribution is 5.98. The number of hydrogen-bond acceptors (Lipinski definition) is 4. The monoisotopic (exact) mass is 278 g/mol. The molecular formula is C14H18N2O4. The van der Waals surface area contributed by atoms with Gasteiger partial charge in [0.1, 0.15) is 0 Å². The lowest BCUT2D eigenvalue weighted by atomic mass is 9.80. The van der Waals surface area contributed by atoms with E-state index in [1.807, 2.05) is 0 Å². The summed E-state index contributed by atoms with van der Waals surface area (Å²) in [4.78, 5) is 22.9. The summed E-state index contributed by atoms with van der Waals surface area (Å²) in [5.41, 5.74) is 5.37. The van der Waals surface area contributed by atoms with Gasteiger partial charge in [-0.05, 0) is 25.0 Å². The molecule has 20 heavy (non-hydrogen) atoms. The molecule has 0 atom stereocenters. The maximum atomic E-state index is 11.5. The van der Waals surface area contributed by atoms with E-state index in [0.29, 0.717) is 37.3 Å². The molecular weight excluding hydrogens is 260 g/mol. The van der Waals surface area contributed by atoms with Crippen molar-refractivity contribution < 1.29 is 19.4 Å². The first-order valence-electron chi connectivity index (χ1n) is 6.49. The van der Waals surface area contributed by atoms with Gasteiger partial charge in [0.2, 0.25) is 0 Å². The molecule has 0 aromatic heterocycles. The van der Waals surface area contributed by atoms with Crippen molar-refractivity contribution in [1.29, 1.82) is 0 Å². The predicted octanol–water partition coefficient (Wildman–Crippen LogP) is 1.08. The van der Waals surface area contributed by atoms with Crippen molar-refractivity contribution >= 4 is 17.6 Å². The number of benzene rings is 1. The minimum atomic E-state index is -0.858. The fraction of sp³-hybridized carbons (Fsp3) is 0.429. The number of nitrogens with one attached hydrogen (secondary N) is 1. The summed E-state index contributed by atoms with van der Waals surface area (Å²) in [5, 5.41) is 12.5. The molecule has 0 saturated carbocycles. The van der Waals surface area contributed by atoms with Gasteiger partial charge in [-0.25, -0.2) is 0 Å². The Morgan fingerprint density at radius 2 is 1.95 bits per heavy atom. The highest BCUT2D eigenvalue weighted by Gasteiger charge is 2.40. The van der Waals surface area contributed by atoms with E-state index in [4.69, 9.17) is 10.5 Å². The van der Waals surface area contributed by atoms with Crippen LogP contribution >= 0.6 is 0 Å². The Bertz CT molecular complexity index is 510. The molecule has 1 aliphatic rings. The van der Waals surface area contributed by atoms with Crippen LogP contribution in [0.2, 0.25) is 0 Å². The van der Waals surface area contributed by atoms with Crippen LogP contribution in [0.1, 0.15) is 23.2 Å². The molecule has 0 radical (unpaired) electrons. The second-order valence-corrected chi connectivity index (χ2v) is 4.96. The molecule has 1 amide bonds. The van der Waals surface area contributed by atoms with Gasteiger partial charge in [0.05, 0.1) is 11.0 Å². The number of nitrogens with two attached hydrogens (primary N) is 1. The number of carboxylic acids is 1. The Balaban J connectivity index is 2.14. The number of hydrogen-bond donors (Lipinski definition) is 3. The third kappa shape index (κ3) is 2.91. The molecule has 6 heteroatoms. The number of para-hydroxylation sites is 1. The van der Waals surface area contributed by atoms with Gasteiger partial charge >= 0.3 is 5.97 Å². The largest absolute Gasteiger partial charge is 0.481 e. The number of rotatable bonds is 5. The smallest absolute Gasteiger partial charge is 0.311 e. The maximum absolute atomic E-state index is 11.5. The van der Waals surface area contributed by atoms with Crippen molar-refractivity contribution in [2.75, 3.05) is 25.1 Å². The molecule has 0 bridgehead atoms. The lowest BCUT2D eigenvalue weighted by Gasteiger charge is -2.33. The molecule has 0 spiro atoms. The van der Waals surface area contributed by atoms with Crippen LogP contribution in [0.4, 0.5) is 5.69 Å². The maximum Gasteiger partial charge on any atom is 0.311 e. The van der Waals surface area contributed by atoms with E-state index >= 15 is 0 Å². The lowest BCUT2D eigenvalue weighted by Crippen LogP contribution is -2.42. The molecule has 4 N–H and O–H groups in total. The number of carboxylic acid groups (broad SMARTS) is 1. The fourth-order valence-electron chi connectivity index (χ4n) is 2.34. The predicted molar refractivity (Wildman–Crippen MR) is 73.6 cm³/mol. The highest BCUT2D eigenvalue weighted by atomic mass is 16.5. The normalized spacial score (nSPS) is 17.4. The number of aliphatic carboxylic acids is 1. The van der Waals surface area contributed by atoms with Crippen molar-refractivity contribution in [3.63, 3.8) is 0 Å². The highest BCUT2D eigenvalue weighted by Crippen LogP contribution is 2.31.